The van der Waals surface area contributed by atoms with Crippen LogP contribution in [0.3, 0.4) is 0 Å². The molecule has 1 N–H and O–H groups in total. The first-order valence-electron chi connectivity index (χ1n) is 27.6. The largest absolute Gasteiger partial charge is 0.477 e. The van der Waals surface area contributed by atoms with Gasteiger partial charge in [-0.1, -0.05) is 202 Å². The maximum Gasteiger partial charge on any atom is 0.361 e. The molecule has 392 valence electrons. The van der Waals surface area contributed by atoms with E-state index >= 15 is 0 Å². The molecule has 0 radical (unpaired) electrons. The third-order valence-electron chi connectivity index (χ3n) is 11.7. The number of allylic oxidation sites excluding steroid dienone is 12. The van der Waals surface area contributed by atoms with Crippen molar-refractivity contribution in [1.29, 1.82) is 0 Å². The molecule has 2 atom stereocenters. The van der Waals surface area contributed by atoms with Crippen molar-refractivity contribution in [2.24, 2.45) is 0 Å². The molecule has 0 aromatic carbocycles. The lowest BCUT2D eigenvalue weighted by Crippen LogP contribution is -2.40. The summed E-state index contributed by atoms with van der Waals surface area (Å²) in [6.45, 7) is 4.73. The molecule has 2 unspecified atom stereocenters. The molecule has 0 aliphatic carbocycles. The van der Waals surface area contributed by atoms with E-state index in [2.05, 4.69) is 86.8 Å². The van der Waals surface area contributed by atoms with Crippen molar-refractivity contribution in [1.82, 2.24) is 0 Å². The lowest BCUT2D eigenvalue weighted by molar-refractivity contribution is -0.870. The molecular formula is C59H104NO8+. The molecule has 0 saturated carbocycles. The molecule has 0 aliphatic rings. The first-order valence-corrected chi connectivity index (χ1v) is 27.6. The quantitative estimate of drug-likeness (QED) is 0.0211. The SMILES string of the molecule is CC/C=C\C/C=C\C/C=C\C/C=C\C/C=C\CCCCCCCCCCCCCCCCCC(=O)OC(COC(=O)CCCCCCC/C=C\CCCCC)COC(OCC[N+](C)(C)C)C(=O)O. The lowest BCUT2D eigenvalue weighted by Gasteiger charge is -2.25. The van der Waals surface area contributed by atoms with E-state index in [0.717, 1.165) is 89.9 Å². The molecular weight excluding hydrogens is 851 g/mol. The maximum absolute atomic E-state index is 12.8. The van der Waals surface area contributed by atoms with Crippen LogP contribution in [0, 0.1) is 0 Å². The van der Waals surface area contributed by atoms with Crippen LogP contribution in [0.25, 0.3) is 0 Å². The smallest absolute Gasteiger partial charge is 0.361 e. The van der Waals surface area contributed by atoms with Gasteiger partial charge >= 0.3 is 17.9 Å². The zero-order valence-corrected chi connectivity index (χ0v) is 44.5. The van der Waals surface area contributed by atoms with Crippen molar-refractivity contribution in [2.75, 3.05) is 47.5 Å². The van der Waals surface area contributed by atoms with Crippen LogP contribution in [-0.2, 0) is 33.3 Å². The summed E-state index contributed by atoms with van der Waals surface area (Å²) in [5, 5.41) is 9.67. The summed E-state index contributed by atoms with van der Waals surface area (Å²) >= 11 is 0. The Hall–Kier alpha value is -3.27. The summed E-state index contributed by atoms with van der Waals surface area (Å²) in [4.78, 5) is 37.3. The van der Waals surface area contributed by atoms with Gasteiger partial charge in [0, 0.05) is 12.8 Å². The molecule has 0 bridgehead atoms. The first kappa shape index (κ1) is 64.7. The summed E-state index contributed by atoms with van der Waals surface area (Å²) < 4.78 is 22.8. The van der Waals surface area contributed by atoms with Crippen LogP contribution in [0.5, 0.6) is 0 Å². The van der Waals surface area contributed by atoms with Gasteiger partial charge in [0.25, 0.3) is 6.29 Å². The van der Waals surface area contributed by atoms with Gasteiger partial charge in [-0.05, 0) is 83.5 Å². The zero-order valence-electron chi connectivity index (χ0n) is 44.5. The van der Waals surface area contributed by atoms with Crippen molar-refractivity contribution < 1.29 is 42.9 Å². The molecule has 0 aromatic heterocycles. The Morgan fingerprint density at radius 3 is 1.26 bits per heavy atom. The number of esters is 2. The van der Waals surface area contributed by atoms with Crippen LogP contribution >= 0.6 is 0 Å². The van der Waals surface area contributed by atoms with E-state index in [-0.39, 0.29) is 32.2 Å². The predicted molar refractivity (Wildman–Crippen MR) is 286 cm³/mol. The number of carboxylic acids is 1. The van der Waals surface area contributed by atoms with Crippen LogP contribution in [0.2, 0.25) is 0 Å². The third-order valence-corrected chi connectivity index (χ3v) is 11.7. The van der Waals surface area contributed by atoms with Gasteiger partial charge in [-0.25, -0.2) is 4.79 Å². The van der Waals surface area contributed by atoms with Crippen molar-refractivity contribution in [3.05, 3.63) is 72.9 Å². The number of carboxylic acid groups (broad SMARTS) is 1. The highest BCUT2D eigenvalue weighted by molar-refractivity contribution is 5.71. The number of rotatable bonds is 50. The highest BCUT2D eigenvalue weighted by Crippen LogP contribution is 2.16. The number of nitrogens with zero attached hydrogens (tertiary/aromatic N) is 1. The number of hydrogen-bond donors (Lipinski definition) is 1. The standard InChI is InChI=1S/C59H103NO8/c1-6-8-10-12-14-16-18-20-21-22-23-24-25-26-27-28-29-30-31-32-33-34-35-36-37-38-40-42-44-46-48-50-57(62)68-55(54-67-59(58(63)64)65-52-51-60(3,4)5)53-66-56(61)49-47-45-43-41-39-19-17-15-13-11-9-7-2/h8,10,14-17,20-21,23-24,26-27,55,59H,6-7,9,11-13,18-19,22,25,28-54H2,1-5H3/p+1/b10-8-,16-14-,17-15-,21-20-,24-23-,27-26-. The van der Waals surface area contributed by atoms with Crippen LogP contribution in [0.4, 0.5) is 0 Å². The van der Waals surface area contributed by atoms with Gasteiger partial charge in [-0.3, -0.25) is 9.59 Å². The van der Waals surface area contributed by atoms with Crippen molar-refractivity contribution >= 4 is 17.9 Å². The van der Waals surface area contributed by atoms with E-state index < -0.39 is 24.3 Å². The fraction of sp³-hybridized carbons (Fsp3) is 0.746. The summed E-state index contributed by atoms with van der Waals surface area (Å²) in [5.41, 5.74) is 0. The van der Waals surface area contributed by atoms with Gasteiger partial charge in [0.2, 0.25) is 0 Å². The molecule has 9 nitrogen and oxygen atoms in total. The molecule has 68 heavy (non-hydrogen) atoms. The van der Waals surface area contributed by atoms with Crippen LogP contribution in [0.1, 0.15) is 226 Å². The van der Waals surface area contributed by atoms with E-state index in [1.807, 2.05) is 21.1 Å². The van der Waals surface area contributed by atoms with Gasteiger partial charge in [0.1, 0.15) is 13.2 Å². The first-order chi connectivity index (χ1) is 33.1. The number of unbranched alkanes of at least 4 members (excludes halogenated alkanes) is 23. The minimum atomic E-state index is -1.51. The zero-order chi connectivity index (χ0) is 49.9. The number of hydrogen-bond acceptors (Lipinski definition) is 7. The van der Waals surface area contributed by atoms with Crippen molar-refractivity contribution in [3.8, 4) is 0 Å². The van der Waals surface area contributed by atoms with Gasteiger partial charge in [-0.15, -0.1) is 0 Å². The summed E-state index contributed by atoms with van der Waals surface area (Å²) in [7, 11) is 5.96. The van der Waals surface area contributed by atoms with E-state index in [1.165, 1.54) is 109 Å². The fourth-order valence-electron chi connectivity index (χ4n) is 7.45. The molecule has 0 saturated heterocycles. The summed E-state index contributed by atoms with van der Waals surface area (Å²) in [5.74, 6) is -2.02. The molecule has 0 amide bonds. The van der Waals surface area contributed by atoms with Gasteiger partial charge < -0.3 is 28.5 Å². The molecule has 9 heteroatoms. The Kier molecular flexibility index (Phi) is 47.7. The summed E-state index contributed by atoms with van der Waals surface area (Å²) in [6, 6.07) is 0. The minimum absolute atomic E-state index is 0.185. The fourth-order valence-corrected chi connectivity index (χ4v) is 7.45. The van der Waals surface area contributed by atoms with Gasteiger partial charge in [-0.2, -0.15) is 0 Å². The second-order valence-corrected chi connectivity index (χ2v) is 19.5. The lowest BCUT2D eigenvalue weighted by atomic mass is 10.0. The Bertz CT molecular complexity index is 1340. The second-order valence-electron chi connectivity index (χ2n) is 19.5. The number of aliphatic carboxylic acids is 1. The van der Waals surface area contributed by atoms with Crippen molar-refractivity contribution in [2.45, 2.75) is 238 Å². The molecule has 0 spiro atoms. The minimum Gasteiger partial charge on any atom is -0.477 e. The normalized spacial score (nSPS) is 13.4. The maximum atomic E-state index is 12.8. The molecule has 0 fully saturated rings. The number of carbonyl (C=O) groups is 3. The highest BCUT2D eigenvalue weighted by Gasteiger charge is 2.25. The van der Waals surface area contributed by atoms with E-state index in [9.17, 15) is 19.5 Å². The Morgan fingerprint density at radius 1 is 0.456 bits per heavy atom. The number of likely N-dealkylation sites (N-methyl/N-ethyl adjacent to an activating group) is 1. The molecule has 0 aliphatic heterocycles. The van der Waals surface area contributed by atoms with E-state index in [4.69, 9.17) is 18.9 Å². The topological polar surface area (TPSA) is 108 Å². The highest BCUT2D eigenvalue weighted by atomic mass is 16.7. The Balaban J connectivity index is 4.14. The predicted octanol–water partition coefficient (Wildman–Crippen LogP) is 15.8. The molecule has 0 heterocycles. The average Bonchev–Trinajstić information content (AvgIpc) is 3.30. The Morgan fingerprint density at radius 2 is 0.838 bits per heavy atom. The molecule has 0 rings (SSSR count). The van der Waals surface area contributed by atoms with E-state index in [1.54, 1.807) is 0 Å². The second kappa shape index (κ2) is 50.1. The van der Waals surface area contributed by atoms with Crippen molar-refractivity contribution in [3.63, 3.8) is 0 Å². The number of carbonyl (C=O) groups excluding carboxylic acids is 2. The summed E-state index contributed by atoms with van der Waals surface area (Å²) in [6.07, 6.45) is 61.3. The van der Waals surface area contributed by atoms with Crippen LogP contribution in [-0.4, -0.2) is 87.4 Å². The average molecular weight is 955 g/mol. The van der Waals surface area contributed by atoms with Crippen LogP contribution in [0.15, 0.2) is 72.9 Å². The monoisotopic (exact) mass is 955 g/mol. The third kappa shape index (κ3) is 50.6. The number of quaternary nitrogens is 1. The Labute approximate surface area is 417 Å². The van der Waals surface area contributed by atoms with Crippen LogP contribution < -0.4 is 0 Å². The van der Waals surface area contributed by atoms with E-state index in [0.29, 0.717) is 17.4 Å². The number of ether oxygens (including phenoxy) is 4. The van der Waals surface area contributed by atoms with Gasteiger partial charge in [0.15, 0.2) is 6.10 Å². The molecule has 0 aromatic rings. The van der Waals surface area contributed by atoms with Gasteiger partial charge in [0.05, 0.1) is 34.4 Å².